The lowest BCUT2D eigenvalue weighted by molar-refractivity contribution is 0.660. The van der Waals surface area contributed by atoms with Crippen molar-refractivity contribution < 1.29 is 0 Å². The lowest BCUT2D eigenvalue weighted by atomic mass is 9.82. The zero-order valence-corrected chi connectivity index (χ0v) is 36.0. The first-order chi connectivity index (χ1) is 31.5. The van der Waals surface area contributed by atoms with Gasteiger partial charge in [-0.3, -0.25) is 0 Å². The maximum atomic E-state index is 2.55. The van der Waals surface area contributed by atoms with Crippen LogP contribution in [0.2, 0.25) is 0 Å². The fourth-order valence-corrected chi connectivity index (χ4v) is 10.5. The van der Waals surface area contributed by atoms with Gasteiger partial charge >= 0.3 is 0 Å². The Morgan fingerprint density at radius 2 is 0.719 bits per heavy atom. The summed E-state index contributed by atoms with van der Waals surface area (Å²) in [5.41, 5.74) is 17.9. The number of rotatable bonds is 7. The van der Waals surface area contributed by atoms with Gasteiger partial charge in [-0.05, 0) is 136 Å². The standard InChI is InChI=1S/C63H45N/c1-63(2)60-33-19-18-32-55(60)56-35-34-47(39-61(56)63)64(48-37-45(42-20-6-3-7-21-42)36-46(38-48)43-22-8-4-9-23-43)62-41-58-54-31-17-15-29-52(54)51-28-14-16-30-53(51)57(58)40-59(62)50-27-13-12-26-49(50)44-24-10-5-11-25-44/h3-41H,1-2H3. The summed E-state index contributed by atoms with van der Waals surface area (Å²) in [4.78, 5) is 2.55. The number of fused-ring (bicyclic) bond motifs is 9. The number of anilines is 3. The van der Waals surface area contributed by atoms with Crippen LogP contribution in [0.25, 0.3) is 88.0 Å². The first-order valence-corrected chi connectivity index (χ1v) is 22.3. The maximum Gasteiger partial charge on any atom is 0.0546 e. The van der Waals surface area contributed by atoms with Gasteiger partial charge in [0.2, 0.25) is 0 Å². The highest BCUT2D eigenvalue weighted by molar-refractivity contribution is 6.27. The smallest absolute Gasteiger partial charge is 0.0546 e. The third kappa shape index (κ3) is 6.15. The highest BCUT2D eigenvalue weighted by Gasteiger charge is 2.36. The first kappa shape index (κ1) is 37.7. The molecular formula is C63H45N. The Balaban J connectivity index is 1.23. The van der Waals surface area contributed by atoms with Crippen LogP contribution in [-0.4, -0.2) is 0 Å². The van der Waals surface area contributed by atoms with Crippen LogP contribution >= 0.6 is 0 Å². The van der Waals surface area contributed by atoms with Gasteiger partial charge in [0.25, 0.3) is 0 Å². The van der Waals surface area contributed by atoms with Crippen molar-refractivity contribution in [2.75, 3.05) is 4.90 Å². The van der Waals surface area contributed by atoms with E-state index in [4.69, 9.17) is 0 Å². The molecule has 0 radical (unpaired) electrons. The third-order valence-corrected chi connectivity index (χ3v) is 13.6. The van der Waals surface area contributed by atoms with Gasteiger partial charge in [0.1, 0.15) is 0 Å². The van der Waals surface area contributed by atoms with Crippen LogP contribution in [0, 0.1) is 0 Å². The van der Waals surface area contributed by atoms with Crippen LogP contribution < -0.4 is 4.90 Å². The van der Waals surface area contributed by atoms with E-state index >= 15 is 0 Å². The minimum absolute atomic E-state index is 0.185. The fraction of sp³-hybridized carbons (Fsp3) is 0.0476. The number of nitrogens with zero attached hydrogens (tertiary/aromatic N) is 1. The number of benzene rings is 11. The van der Waals surface area contributed by atoms with Crippen molar-refractivity contribution in [3.63, 3.8) is 0 Å². The van der Waals surface area contributed by atoms with Gasteiger partial charge in [0.05, 0.1) is 5.69 Å². The predicted octanol–water partition coefficient (Wildman–Crippen LogP) is 17.6. The summed E-state index contributed by atoms with van der Waals surface area (Å²) in [6.07, 6.45) is 0. The molecule has 11 aromatic rings. The molecule has 302 valence electrons. The van der Waals surface area contributed by atoms with E-state index in [9.17, 15) is 0 Å². The average Bonchev–Trinajstić information content (AvgIpc) is 3.59. The molecule has 12 rings (SSSR count). The van der Waals surface area contributed by atoms with Gasteiger partial charge in [-0.25, -0.2) is 0 Å². The van der Waals surface area contributed by atoms with E-state index in [-0.39, 0.29) is 5.41 Å². The minimum atomic E-state index is -0.185. The molecular weight excluding hydrogens is 771 g/mol. The highest BCUT2D eigenvalue weighted by Crippen LogP contribution is 2.53. The number of hydrogen-bond donors (Lipinski definition) is 0. The Morgan fingerprint density at radius 3 is 1.31 bits per heavy atom. The van der Waals surface area contributed by atoms with Gasteiger partial charge in [0.15, 0.2) is 0 Å². The maximum absolute atomic E-state index is 2.55. The van der Waals surface area contributed by atoms with E-state index in [1.807, 2.05) is 0 Å². The van der Waals surface area contributed by atoms with Crippen molar-refractivity contribution in [2.24, 2.45) is 0 Å². The molecule has 1 aliphatic rings. The summed E-state index contributed by atoms with van der Waals surface area (Å²) in [6.45, 7) is 4.76. The summed E-state index contributed by atoms with van der Waals surface area (Å²) in [7, 11) is 0. The molecule has 0 spiro atoms. The van der Waals surface area contributed by atoms with Crippen LogP contribution in [0.1, 0.15) is 25.0 Å². The van der Waals surface area contributed by atoms with E-state index in [0.717, 1.165) is 17.1 Å². The molecule has 1 heteroatoms. The molecule has 0 saturated heterocycles. The molecule has 0 fully saturated rings. The molecule has 0 heterocycles. The molecule has 0 bridgehead atoms. The SMILES string of the molecule is CC1(C)c2ccccc2-c2ccc(N(c3cc(-c4ccccc4)cc(-c4ccccc4)c3)c3cc4c5ccccc5c5ccccc5c4cc3-c3ccccc3-c3ccccc3)cc21. The summed E-state index contributed by atoms with van der Waals surface area (Å²) in [5, 5.41) is 7.49. The van der Waals surface area contributed by atoms with Gasteiger partial charge in [-0.15, -0.1) is 0 Å². The normalized spacial score (nSPS) is 12.7. The summed E-state index contributed by atoms with van der Waals surface area (Å²) < 4.78 is 0. The molecule has 1 aliphatic carbocycles. The van der Waals surface area contributed by atoms with E-state index in [1.165, 1.54) is 99.1 Å². The average molecular weight is 816 g/mol. The molecule has 64 heavy (non-hydrogen) atoms. The van der Waals surface area contributed by atoms with Crippen LogP contribution in [0.5, 0.6) is 0 Å². The second-order valence-corrected chi connectivity index (χ2v) is 17.7. The van der Waals surface area contributed by atoms with Crippen molar-refractivity contribution >= 4 is 49.4 Å². The zero-order valence-electron chi connectivity index (χ0n) is 36.0. The van der Waals surface area contributed by atoms with Crippen molar-refractivity contribution in [3.8, 4) is 55.6 Å². The Kier molecular flexibility index (Phi) is 8.91. The van der Waals surface area contributed by atoms with Crippen molar-refractivity contribution in [1.29, 1.82) is 0 Å². The summed E-state index contributed by atoms with van der Waals surface area (Å²) >= 11 is 0. The predicted molar refractivity (Wildman–Crippen MR) is 273 cm³/mol. The molecule has 0 atom stereocenters. The van der Waals surface area contributed by atoms with Crippen LogP contribution in [-0.2, 0) is 5.41 Å². The summed E-state index contributed by atoms with van der Waals surface area (Å²) in [6, 6.07) is 87.5. The van der Waals surface area contributed by atoms with Crippen LogP contribution in [0.3, 0.4) is 0 Å². The lowest BCUT2D eigenvalue weighted by Gasteiger charge is -2.31. The lowest BCUT2D eigenvalue weighted by Crippen LogP contribution is -2.17. The molecule has 11 aromatic carbocycles. The fourth-order valence-electron chi connectivity index (χ4n) is 10.5. The molecule has 0 amide bonds. The molecule has 0 saturated carbocycles. The number of hydrogen-bond acceptors (Lipinski definition) is 1. The van der Waals surface area contributed by atoms with Gasteiger partial charge in [0, 0.05) is 22.4 Å². The van der Waals surface area contributed by atoms with Gasteiger partial charge in [-0.1, -0.05) is 208 Å². The van der Waals surface area contributed by atoms with E-state index in [2.05, 4.69) is 255 Å². The van der Waals surface area contributed by atoms with E-state index in [0.29, 0.717) is 0 Å². The Labute approximate surface area is 375 Å². The monoisotopic (exact) mass is 815 g/mol. The molecule has 1 nitrogen and oxygen atoms in total. The zero-order chi connectivity index (χ0) is 42.8. The van der Waals surface area contributed by atoms with Crippen molar-refractivity contribution in [1.82, 2.24) is 0 Å². The van der Waals surface area contributed by atoms with Crippen molar-refractivity contribution in [3.05, 3.63) is 248 Å². The van der Waals surface area contributed by atoms with Crippen LogP contribution in [0.15, 0.2) is 237 Å². The third-order valence-electron chi connectivity index (χ3n) is 13.6. The second kappa shape index (κ2) is 15.1. The Bertz CT molecular complexity index is 3510. The highest BCUT2D eigenvalue weighted by atomic mass is 15.1. The first-order valence-electron chi connectivity index (χ1n) is 22.3. The molecule has 0 unspecified atom stereocenters. The Hall–Kier alpha value is -8.00. The van der Waals surface area contributed by atoms with Crippen LogP contribution in [0.4, 0.5) is 17.1 Å². The minimum Gasteiger partial charge on any atom is -0.310 e. The van der Waals surface area contributed by atoms with Gasteiger partial charge in [-0.2, -0.15) is 0 Å². The second-order valence-electron chi connectivity index (χ2n) is 17.7. The summed E-state index contributed by atoms with van der Waals surface area (Å²) in [5.74, 6) is 0. The topological polar surface area (TPSA) is 3.24 Å². The van der Waals surface area contributed by atoms with Gasteiger partial charge < -0.3 is 4.90 Å². The molecule has 0 aromatic heterocycles. The van der Waals surface area contributed by atoms with Crippen molar-refractivity contribution in [2.45, 2.75) is 19.3 Å². The molecule has 0 aliphatic heterocycles. The quantitative estimate of drug-likeness (QED) is 0.145. The Morgan fingerprint density at radius 1 is 0.266 bits per heavy atom. The van der Waals surface area contributed by atoms with E-state index < -0.39 is 0 Å². The van der Waals surface area contributed by atoms with E-state index in [1.54, 1.807) is 0 Å². The largest absolute Gasteiger partial charge is 0.310 e. The molecule has 0 N–H and O–H groups in total.